The van der Waals surface area contributed by atoms with E-state index in [0.717, 1.165) is 5.56 Å². The highest BCUT2D eigenvalue weighted by molar-refractivity contribution is 5.92. The third-order valence-electron chi connectivity index (χ3n) is 17.8. The van der Waals surface area contributed by atoms with Crippen molar-refractivity contribution in [2.75, 3.05) is 46.2 Å². The molecule has 2 aromatic rings. The van der Waals surface area contributed by atoms with E-state index in [1.165, 1.54) is 6.07 Å². The number of nitrogens with one attached hydrogen (secondary N) is 1. The second-order valence-corrected chi connectivity index (χ2v) is 25.1. The Bertz CT molecular complexity index is 2720. The number of aliphatic hydroxyl groups is 20. The van der Waals surface area contributed by atoms with E-state index in [-0.39, 0.29) is 16.9 Å². The predicted octanol–water partition coefficient (Wildman–Crippen LogP) is -11.8. The highest BCUT2D eigenvalue weighted by Gasteiger charge is 2.60. The van der Waals surface area contributed by atoms with Gasteiger partial charge in [-0.25, -0.2) is 0 Å². The van der Waals surface area contributed by atoms with E-state index in [1.807, 2.05) is 32.9 Å². The Labute approximate surface area is 533 Å². The van der Waals surface area contributed by atoms with Crippen LogP contribution in [0.5, 0.6) is 0 Å². The largest absolute Gasteiger partial charge is 0.394 e. The third kappa shape index (κ3) is 14.7. The number of carbonyl (C=O) groups is 1. The number of amides is 1. The zero-order valence-corrected chi connectivity index (χ0v) is 50.5. The second kappa shape index (κ2) is 30.6. The van der Waals surface area contributed by atoms with Crippen LogP contribution in [0.25, 0.3) is 11.3 Å². The molecule has 38 nitrogen and oxygen atoms in total. The van der Waals surface area contributed by atoms with E-state index in [1.54, 1.807) is 12.1 Å². The van der Waals surface area contributed by atoms with Crippen molar-refractivity contribution in [2.45, 2.75) is 241 Å². The van der Waals surface area contributed by atoms with Crippen molar-refractivity contribution in [3.8, 4) is 11.3 Å². The molecule has 21 fully saturated rings. The lowest BCUT2D eigenvalue weighted by molar-refractivity contribution is -0.396. The molecule has 14 bridgehead atoms. The van der Waals surface area contributed by atoms with Gasteiger partial charge in [0.2, 0.25) is 5.76 Å². The first-order valence-corrected chi connectivity index (χ1v) is 30.4. The molecule has 0 saturated carbocycles. The van der Waals surface area contributed by atoms with Gasteiger partial charge in [0.15, 0.2) is 44.0 Å². The molecule has 21 N–H and O–H groups in total. The highest BCUT2D eigenvalue weighted by atomic mass is 16.8. The van der Waals surface area contributed by atoms with Crippen molar-refractivity contribution >= 4 is 5.91 Å². The Morgan fingerprint density at radius 1 is 0.362 bits per heavy atom. The van der Waals surface area contributed by atoms with Crippen LogP contribution in [0.4, 0.5) is 0 Å². The molecule has 1 aromatic carbocycles. The number of carbonyl (C=O) groups excluding carboxylic acids is 1. The Kier molecular flexibility index (Phi) is 23.8. The van der Waals surface area contributed by atoms with Gasteiger partial charge < -0.3 is 178 Å². The quantitative estimate of drug-likeness (QED) is 0.105. The van der Waals surface area contributed by atoms with Gasteiger partial charge in [-0.1, -0.05) is 50.2 Å². The van der Waals surface area contributed by atoms with E-state index >= 15 is 0 Å². The molecule has 1 aromatic heterocycles. The molecule has 22 heterocycles. The van der Waals surface area contributed by atoms with E-state index < -0.39 is 267 Å². The predicted molar refractivity (Wildman–Crippen MR) is 294 cm³/mol. The maximum Gasteiger partial charge on any atom is 0.290 e. The second-order valence-electron chi connectivity index (χ2n) is 25.1. The van der Waals surface area contributed by atoms with Gasteiger partial charge in [-0.15, -0.1) is 0 Å². The Balaban J connectivity index is 0.941. The van der Waals surface area contributed by atoms with Gasteiger partial charge in [0.05, 0.1) is 39.6 Å². The maximum absolute atomic E-state index is 13.8. The van der Waals surface area contributed by atoms with Crippen LogP contribution in [0.3, 0.4) is 0 Å². The van der Waals surface area contributed by atoms with Crippen LogP contribution in [-0.2, 0) is 71.7 Å². The highest BCUT2D eigenvalue weighted by Crippen LogP contribution is 2.39. The van der Waals surface area contributed by atoms with E-state index in [0.29, 0.717) is 5.56 Å². The van der Waals surface area contributed by atoms with Gasteiger partial charge >= 0.3 is 0 Å². The first kappa shape index (κ1) is 73.3. The zero-order chi connectivity index (χ0) is 68.1. The number of hydrogen-bond donors (Lipinski definition) is 21. The van der Waals surface area contributed by atoms with Crippen molar-refractivity contribution in [3.63, 3.8) is 0 Å². The van der Waals surface area contributed by atoms with Gasteiger partial charge in [-0.05, 0) is 11.0 Å². The fraction of sp³-hybridized carbons (Fsp3) is 0.821. The van der Waals surface area contributed by atoms with Crippen LogP contribution in [-0.4, -0.2) is 374 Å². The van der Waals surface area contributed by atoms with E-state index in [2.05, 4.69) is 10.5 Å². The minimum Gasteiger partial charge on any atom is -0.394 e. The van der Waals surface area contributed by atoms with Crippen molar-refractivity contribution < 1.29 is 178 Å². The Hall–Kier alpha value is -3.46. The van der Waals surface area contributed by atoms with Crippen LogP contribution in [0.2, 0.25) is 0 Å². The Morgan fingerprint density at radius 2 is 0.596 bits per heavy atom. The lowest BCUT2D eigenvalue weighted by Crippen LogP contribution is -2.68. The molecular formula is C56H84N2O36. The standard InChI is InChI=1S/C56H84N2O36/c1-56(2,3)17-6-4-16(5-7-17)18-8-19(94-58-18)48(79)57-9-20-41-27(65)34(72)49(80-20)88-42-21(10-59)82-51(36(74)29(42)67)90-44-23(12-61)84-53(38(76)31(44)69)92-46-25(14-63)86-55(40(78)33(46)71)93-47-26(15-64)85-54(39(77)32(47)70)91-45-24(13-62)83-52(37(75)30(45)68)89-43-22(11-60)81-50(87-41)35(73)28(43)66/h4-8,20-47,49-55,59-78H,9-15H2,1-3H3,(H,57,79)/t20-,21+,22-,23+,24-,25+,26-,27+,28+,29-,30+,31+,32+,33+,34+,35+,36-,37+,38-,39+,40+,41+,42+,43+,44+,45+,46+,47+,49+,50+,51+,52+,53+,54+,55+/m0/s1. The van der Waals surface area contributed by atoms with Crippen LogP contribution < -0.4 is 5.32 Å². The van der Waals surface area contributed by atoms with Crippen LogP contribution in [0.1, 0.15) is 36.9 Å². The van der Waals surface area contributed by atoms with Crippen molar-refractivity contribution in [1.82, 2.24) is 10.5 Å². The molecule has 1 amide bonds. The summed E-state index contributed by atoms with van der Waals surface area (Å²) in [6, 6.07) is 8.59. The summed E-state index contributed by atoms with van der Waals surface area (Å²) in [4.78, 5) is 13.8. The fourth-order valence-electron chi connectivity index (χ4n) is 12.4. The minimum absolute atomic E-state index is 0.188. The lowest BCUT2D eigenvalue weighted by atomic mass is 9.86. The molecule has 23 rings (SSSR count). The average molecular weight is 1360 g/mol. The number of aromatic nitrogens is 1. The molecular weight excluding hydrogens is 1280 g/mol. The number of hydrogen-bond acceptors (Lipinski definition) is 37. The Morgan fingerprint density at radius 3 is 0.830 bits per heavy atom. The van der Waals surface area contributed by atoms with E-state index in [9.17, 15) is 107 Å². The number of rotatable bonds is 10. The fourth-order valence-corrected chi connectivity index (χ4v) is 12.4. The SMILES string of the molecule is CC(C)(C)c1ccc(-c2cc(C(=O)NC[C@@H]3O[C@@H]4O[C@H]5[C@@H](O)[C@H](O)[C@@H](O[C@H]6[C@H](O)[C@H](O)[C@@H](O[C@H]7[C@H](O)[C@@H](O)[C@@H](O[C@H]8[C@H](O)[C@@H](O)[C@@H](O[C@H]9[C@H](O)[C@@H](O)[C@@H](O[C@H]%10[C@H](O)[C@@H](O)[C@@H](O[C@H]3[C@H](O)[C@H]4O)O[C@H]%10CO)O[C@H]9CO)O[C@H]8CO)O[C@@H]7CO)O[C@@H]6CO)O[C@@H]5CO)on2)cc1. The van der Waals surface area contributed by atoms with Crippen LogP contribution in [0, 0.1) is 0 Å². The summed E-state index contributed by atoms with van der Waals surface area (Å²) in [7, 11) is 0. The monoisotopic (exact) mass is 1360 g/mol. The summed E-state index contributed by atoms with van der Waals surface area (Å²) < 4.78 is 86.7. The van der Waals surface area contributed by atoms with Gasteiger partial charge in [0, 0.05) is 18.2 Å². The zero-order valence-electron chi connectivity index (χ0n) is 50.5. The molecule has 0 unspecified atom stereocenters. The number of ether oxygens (including phenoxy) is 14. The van der Waals surface area contributed by atoms with Crippen molar-refractivity contribution in [1.29, 1.82) is 0 Å². The first-order chi connectivity index (χ1) is 44.7. The van der Waals surface area contributed by atoms with Crippen molar-refractivity contribution in [3.05, 3.63) is 41.7 Å². The normalized spacial score (nSPS) is 47.6. The number of nitrogens with zero attached hydrogens (tertiary/aromatic N) is 1. The molecule has 0 aliphatic carbocycles. The smallest absolute Gasteiger partial charge is 0.290 e. The minimum atomic E-state index is -2.29. The van der Waals surface area contributed by atoms with Crippen molar-refractivity contribution in [2.24, 2.45) is 0 Å². The summed E-state index contributed by atoms with van der Waals surface area (Å²) in [5.74, 6) is -1.29. The topological polar surface area (TPSA) is 589 Å². The molecule has 38 heteroatoms. The molecule has 94 heavy (non-hydrogen) atoms. The van der Waals surface area contributed by atoms with Gasteiger partial charge in [0.25, 0.3) is 5.91 Å². The van der Waals surface area contributed by atoms with Gasteiger partial charge in [-0.3, -0.25) is 4.79 Å². The first-order valence-electron chi connectivity index (χ1n) is 30.4. The molecule has 534 valence electrons. The number of benzene rings is 1. The third-order valence-corrected chi connectivity index (χ3v) is 17.8. The average Bonchev–Trinajstić information content (AvgIpc) is 0.861. The van der Waals surface area contributed by atoms with Gasteiger partial charge in [-0.2, -0.15) is 0 Å². The lowest BCUT2D eigenvalue weighted by Gasteiger charge is -2.50. The molecule has 21 saturated heterocycles. The summed E-state index contributed by atoms with van der Waals surface area (Å²) in [5, 5.41) is 231. The molecule has 0 radical (unpaired) electrons. The molecule has 21 aliphatic rings. The molecule has 35 atom stereocenters. The molecule has 21 aliphatic heterocycles. The van der Waals surface area contributed by atoms with Crippen LogP contribution >= 0.6 is 0 Å². The summed E-state index contributed by atoms with van der Waals surface area (Å²) >= 11 is 0. The van der Waals surface area contributed by atoms with Gasteiger partial charge in [0.1, 0.15) is 177 Å². The molecule has 0 spiro atoms. The summed E-state index contributed by atoms with van der Waals surface area (Å²) in [5.41, 5.74) is 1.64. The van der Waals surface area contributed by atoms with E-state index in [4.69, 9.17) is 70.8 Å². The summed E-state index contributed by atoms with van der Waals surface area (Å²) in [6.45, 7) is -1.13. The number of aliphatic hydroxyl groups excluding tert-OH is 20. The van der Waals surface area contributed by atoms with Crippen LogP contribution in [0.15, 0.2) is 34.9 Å². The maximum atomic E-state index is 13.8. The summed E-state index contributed by atoms with van der Waals surface area (Å²) in [6.07, 6.45) is -72.0.